The second kappa shape index (κ2) is 9.13. The molecular formula is C21H15ClF4N2O2S2. The maximum Gasteiger partial charge on any atom is 0.429 e. The minimum atomic E-state index is -4.85. The molecule has 168 valence electrons. The third-order valence-electron chi connectivity index (χ3n) is 4.29. The van der Waals surface area contributed by atoms with E-state index in [2.05, 4.69) is 4.99 Å². The van der Waals surface area contributed by atoms with Crippen LogP contribution in [0.2, 0.25) is 5.02 Å². The normalized spacial score (nSPS) is 12.8. The summed E-state index contributed by atoms with van der Waals surface area (Å²) in [4.78, 5) is 5.12. The number of sulfone groups is 1. The fourth-order valence-corrected chi connectivity index (χ4v) is 4.51. The summed E-state index contributed by atoms with van der Waals surface area (Å²) < 4.78 is 76.3. The quantitative estimate of drug-likeness (QED) is 0.301. The highest BCUT2D eigenvalue weighted by atomic mass is 35.5. The number of benzene rings is 2. The topological polar surface area (TPSA) is 70.3 Å². The van der Waals surface area contributed by atoms with E-state index < -0.39 is 34.0 Å². The van der Waals surface area contributed by atoms with E-state index in [0.29, 0.717) is 15.3 Å². The van der Waals surface area contributed by atoms with E-state index in [1.165, 1.54) is 24.3 Å². The van der Waals surface area contributed by atoms with Crippen LogP contribution in [0.3, 0.4) is 0 Å². The average Bonchev–Trinajstić information content (AvgIpc) is 3.19. The second-order valence-electron chi connectivity index (χ2n) is 6.77. The Bertz CT molecular complexity index is 1320. The third kappa shape index (κ3) is 5.81. The fourth-order valence-electron chi connectivity index (χ4n) is 2.69. The van der Waals surface area contributed by atoms with Gasteiger partial charge < -0.3 is 5.41 Å². The van der Waals surface area contributed by atoms with Gasteiger partial charge >= 0.3 is 6.18 Å². The molecular weight excluding hydrogens is 488 g/mol. The van der Waals surface area contributed by atoms with Crippen LogP contribution in [-0.2, 0) is 9.84 Å². The molecule has 32 heavy (non-hydrogen) atoms. The predicted molar refractivity (Wildman–Crippen MR) is 119 cm³/mol. The van der Waals surface area contributed by atoms with E-state index in [0.717, 1.165) is 29.7 Å². The molecule has 1 heterocycles. The van der Waals surface area contributed by atoms with E-state index >= 15 is 0 Å². The van der Waals surface area contributed by atoms with Gasteiger partial charge in [-0.2, -0.15) is 13.2 Å². The number of alkyl halides is 3. The van der Waals surface area contributed by atoms with Crippen LogP contribution in [0.4, 0.5) is 23.2 Å². The molecule has 3 aromatic rings. The Morgan fingerprint density at radius 2 is 1.84 bits per heavy atom. The van der Waals surface area contributed by atoms with Crippen LogP contribution in [0, 0.1) is 11.2 Å². The molecule has 0 aliphatic rings. The number of rotatable bonds is 6. The SMILES string of the molecule is CS(=O)(=O)c1cccc(-c2ccc(C(CC(=N)C(F)(F)F)=Nc3cc(F)ccc3Cl)s2)c1. The summed E-state index contributed by atoms with van der Waals surface area (Å²) in [6, 6.07) is 12.6. The summed E-state index contributed by atoms with van der Waals surface area (Å²) in [6.45, 7) is 0. The average molecular weight is 503 g/mol. The lowest BCUT2D eigenvalue weighted by Crippen LogP contribution is -2.24. The highest BCUT2D eigenvalue weighted by Crippen LogP contribution is 2.33. The van der Waals surface area contributed by atoms with Gasteiger partial charge in [0.25, 0.3) is 0 Å². The second-order valence-corrected chi connectivity index (χ2v) is 10.3. The molecule has 11 heteroatoms. The molecule has 0 spiro atoms. The van der Waals surface area contributed by atoms with Gasteiger partial charge in [0.15, 0.2) is 9.84 Å². The number of hydrogen-bond donors (Lipinski definition) is 1. The van der Waals surface area contributed by atoms with Crippen molar-refractivity contribution < 1.29 is 26.0 Å². The van der Waals surface area contributed by atoms with Gasteiger partial charge in [0.05, 0.1) is 21.3 Å². The van der Waals surface area contributed by atoms with Crippen molar-refractivity contribution in [2.75, 3.05) is 6.26 Å². The van der Waals surface area contributed by atoms with Gasteiger partial charge in [-0.15, -0.1) is 11.3 Å². The zero-order valence-electron chi connectivity index (χ0n) is 16.4. The number of hydrogen-bond acceptors (Lipinski definition) is 5. The van der Waals surface area contributed by atoms with Crippen LogP contribution in [0.5, 0.6) is 0 Å². The summed E-state index contributed by atoms with van der Waals surface area (Å²) in [5.41, 5.74) is -1.14. The minimum Gasteiger partial charge on any atom is -0.300 e. The molecule has 0 fully saturated rings. The van der Waals surface area contributed by atoms with Gasteiger partial charge in [0, 0.05) is 28.5 Å². The van der Waals surface area contributed by atoms with Gasteiger partial charge in [-0.3, -0.25) is 0 Å². The number of thiophene rings is 1. The van der Waals surface area contributed by atoms with Gasteiger partial charge in [0.2, 0.25) is 0 Å². The first-order valence-electron chi connectivity index (χ1n) is 8.92. The molecule has 0 saturated heterocycles. The summed E-state index contributed by atoms with van der Waals surface area (Å²) in [5.74, 6) is -0.664. The highest BCUT2D eigenvalue weighted by molar-refractivity contribution is 7.90. The molecule has 0 radical (unpaired) electrons. The Morgan fingerprint density at radius 1 is 1.12 bits per heavy atom. The molecule has 1 aromatic heterocycles. The zero-order chi connectivity index (χ0) is 23.7. The fraction of sp³-hybridized carbons (Fsp3) is 0.143. The largest absolute Gasteiger partial charge is 0.429 e. The van der Waals surface area contributed by atoms with Crippen molar-refractivity contribution >= 4 is 49.9 Å². The lowest BCUT2D eigenvalue weighted by Gasteiger charge is -2.10. The molecule has 0 atom stereocenters. The van der Waals surface area contributed by atoms with Crippen LogP contribution < -0.4 is 0 Å². The van der Waals surface area contributed by atoms with Crippen LogP contribution in [0.25, 0.3) is 10.4 Å². The Kier molecular flexibility index (Phi) is 6.87. The van der Waals surface area contributed by atoms with Crippen molar-refractivity contribution in [2.45, 2.75) is 17.5 Å². The Labute approximate surface area is 190 Å². The lowest BCUT2D eigenvalue weighted by molar-refractivity contribution is -0.0605. The number of nitrogens with one attached hydrogen (secondary N) is 1. The molecule has 0 saturated carbocycles. The standard InChI is InChI=1S/C21H15ClF4N2O2S2/c1-32(29,30)14-4-2-3-12(9-14)18-7-8-19(31-18)17(11-20(27)21(24,25)26)28-16-10-13(23)5-6-15(16)22/h2-10,27H,11H2,1H3. The molecule has 2 aromatic carbocycles. The van der Waals surface area contributed by atoms with E-state index in [4.69, 9.17) is 17.0 Å². The molecule has 4 nitrogen and oxygen atoms in total. The van der Waals surface area contributed by atoms with E-state index in [1.54, 1.807) is 18.2 Å². The molecule has 0 aliphatic carbocycles. The first kappa shape index (κ1) is 24.1. The molecule has 1 N–H and O–H groups in total. The maximum absolute atomic E-state index is 13.6. The van der Waals surface area contributed by atoms with Crippen molar-refractivity contribution in [1.29, 1.82) is 5.41 Å². The first-order valence-corrected chi connectivity index (χ1v) is 12.0. The summed E-state index contributed by atoms with van der Waals surface area (Å²) in [5, 5.41) is 7.42. The number of halogens is 5. The Morgan fingerprint density at radius 3 is 2.50 bits per heavy atom. The van der Waals surface area contributed by atoms with Gasteiger partial charge in [-0.1, -0.05) is 23.7 Å². The summed E-state index contributed by atoms with van der Waals surface area (Å²) in [7, 11) is -3.45. The van der Waals surface area contributed by atoms with Crippen LogP contribution in [-0.4, -0.2) is 32.3 Å². The van der Waals surface area contributed by atoms with Crippen molar-refractivity contribution in [3.63, 3.8) is 0 Å². The smallest absolute Gasteiger partial charge is 0.300 e. The Hall–Kier alpha value is -2.56. The highest BCUT2D eigenvalue weighted by Gasteiger charge is 2.35. The molecule has 3 rings (SSSR count). The minimum absolute atomic E-state index is 0.0417. The van der Waals surface area contributed by atoms with Crippen molar-refractivity contribution in [1.82, 2.24) is 0 Å². The predicted octanol–water partition coefficient (Wildman–Crippen LogP) is 6.70. The van der Waals surface area contributed by atoms with E-state index in [-0.39, 0.29) is 21.3 Å². The number of nitrogens with zero attached hydrogens (tertiary/aromatic N) is 1. The van der Waals surface area contributed by atoms with Crippen LogP contribution >= 0.6 is 22.9 Å². The summed E-state index contributed by atoms with van der Waals surface area (Å²) in [6.07, 6.45) is -4.63. The van der Waals surface area contributed by atoms with Crippen LogP contribution in [0.1, 0.15) is 11.3 Å². The number of aliphatic imine (C=N–C) groups is 1. The lowest BCUT2D eigenvalue weighted by atomic mass is 10.1. The van der Waals surface area contributed by atoms with Gasteiger partial charge in [0.1, 0.15) is 11.5 Å². The first-order chi connectivity index (χ1) is 14.8. The van der Waals surface area contributed by atoms with E-state index in [1.807, 2.05) is 0 Å². The van der Waals surface area contributed by atoms with E-state index in [9.17, 15) is 26.0 Å². The van der Waals surface area contributed by atoms with Crippen molar-refractivity contribution in [3.8, 4) is 10.4 Å². The van der Waals surface area contributed by atoms with Gasteiger partial charge in [-0.05, 0) is 42.0 Å². The molecule has 0 bridgehead atoms. The molecule has 0 aliphatic heterocycles. The Balaban J connectivity index is 2.07. The molecule has 0 unspecified atom stereocenters. The maximum atomic E-state index is 13.6. The zero-order valence-corrected chi connectivity index (χ0v) is 18.8. The summed E-state index contributed by atoms with van der Waals surface area (Å²) >= 11 is 7.08. The van der Waals surface area contributed by atoms with Crippen LogP contribution in [0.15, 0.2) is 64.5 Å². The van der Waals surface area contributed by atoms with Gasteiger partial charge in [-0.25, -0.2) is 17.8 Å². The van der Waals surface area contributed by atoms with Crippen molar-refractivity contribution in [3.05, 3.63) is 70.3 Å². The van der Waals surface area contributed by atoms with Crippen molar-refractivity contribution in [2.24, 2.45) is 4.99 Å². The third-order valence-corrected chi connectivity index (χ3v) is 6.90. The monoisotopic (exact) mass is 502 g/mol. The molecule has 0 amide bonds.